The van der Waals surface area contributed by atoms with Crippen molar-refractivity contribution in [3.63, 3.8) is 0 Å². The first-order valence-corrected chi connectivity index (χ1v) is 9.56. The summed E-state index contributed by atoms with van der Waals surface area (Å²) in [7, 11) is 1.32. The Morgan fingerprint density at radius 1 is 1.16 bits per heavy atom. The standard InChI is InChI=1S/C25H34N2O4/c1-19-7-6-8-20(2)23(19)15-21(28)16-26-11-13-27(14-12-26)17-22(29)18-31-25-10-5-4-9-24(25)30-3/h4-10,22,29H,11-18H2,1-3H3/i1D3,2D3,6D,7D,8D,16D2,17D2,18D2. The van der Waals surface area contributed by atoms with Crippen LogP contribution in [0.4, 0.5) is 0 Å². The van der Waals surface area contributed by atoms with Gasteiger partial charge in [-0.2, -0.15) is 0 Å². The molecule has 2 aromatic carbocycles. The van der Waals surface area contributed by atoms with Crippen molar-refractivity contribution in [3.05, 3.63) is 59.1 Å². The van der Waals surface area contributed by atoms with Crippen LogP contribution in [0.5, 0.6) is 11.5 Å². The third-order valence-corrected chi connectivity index (χ3v) is 4.53. The molecule has 1 aliphatic rings. The SMILES string of the molecule is [2H]c1c([2H])c(C([2H])([2H])[2H])c(CC(=O)C([2H])([2H])N2CCN(C([2H])([2H])C(O)C([2H])([2H])Oc3ccccc3OC)CC2)c(C([2H])([2H])[2H])c1[2H]. The summed E-state index contributed by atoms with van der Waals surface area (Å²) in [5, 5.41) is 10.8. The van der Waals surface area contributed by atoms with Crippen molar-refractivity contribution in [2.24, 2.45) is 0 Å². The second-order valence-corrected chi connectivity index (χ2v) is 6.69. The van der Waals surface area contributed by atoms with E-state index in [0.29, 0.717) is 0 Å². The maximum atomic E-state index is 13.4. The van der Waals surface area contributed by atoms with Gasteiger partial charge in [-0.15, -0.1) is 0 Å². The van der Waals surface area contributed by atoms with Crippen LogP contribution in [-0.2, 0) is 11.2 Å². The van der Waals surface area contributed by atoms with E-state index in [1.807, 2.05) is 0 Å². The number of hydrogen-bond donors (Lipinski definition) is 1. The summed E-state index contributed by atoms with van der Waals surface area (Å²) in [4.78, 5) is 15.4. The third-order valence-electron chi connectivity index (χ3n) is 4.53. The minimum absolute atomic E-state index is 0.0860. The number of nitrogens with zero attached hydrogens (tertiary/aromatic N) is 2. The number of para-hydroxylation sites is 2. The molecule has 6 nitrogen and oxygen atoms in total. The Balaban J connectivity index is 1.83. The molecular weight excluding hydrogens is 392 g/mol. The highest BCUT2D eigenvalue weighted by Crippen LogP contribution is 2.25. The molecule has 168 valence electrons. The summed E-state index contributed by atoms with van der Waals surface area (Å²) in [6.45, 7) is -16.1. The smallest absolute Gasteiger partial charge is 0.161 e. The number of aliphatic hydroxyl groups is 1. The highest BCUT2D eigenvalue weighted by molar-refractivity contribution is 5.83. The summed E-state index contributed by atoms with van der Waals surface area (Å²) >= 11 is 0. The lowest BCUT2D eigenvalue weighted by atomic mass is 9.98. The first-order valence-electron chi connectivity index (χ1n) is 17.1. The molecule has 0 aliphatic carbocycles. The number of rotatable bonds is 10. The Kier molecular flexibility index (Phi) is 3.81. The lowest BCUT2D eigenvalue weighted by molar-refractivity contribution is -0.120. The lowest BCUT2D eigenvalue weighted by Gasteiger charge is -2.35. The van der Waals surface area contributed by atoms with Gasteiger partial charge in [-0.05, 0) is 42.5 Å². The Morgan fingerprint density at radius 3 is 2.45 bits per heavy atom. The van der Waals surface area contributed by atoms with Crippen LogP contribution >= 0.6 is 0 Å². The summed E-state index contributed by atoms with van der Waals surface area (Å²) in [6.07, 6.45) is -3.49. The summed E-state index contributed by atoms with van der Waals surface area (Å²) in [6, 6.07) is 3.09. The van der Waals surface area contributed by atoms with Crippen LogP contribution in [0.1, 0.15) is 37.3 Å². The van der Waals surface area contributed by atoms with Crippen LogP contribution < -0.4 is 9.47 Å². The molecule has 2 aromatic rings. The van der Waals surface area contributed by atoms with E-state index in [0.717, 1.165) is 9.80 Å². The second kappa shape index (κ2) is 11.3. The zero-order chi connectivity index (χ0) is 35.2. The van der Waals surface area contributed by atoms with Crippen LogP contribution in [0, 0.1) is 13.7 Å². The fraction of sp³-hybridized carbons (Fsp3) is 0.480. The average molecular weight is 442 g/mol. The molecule has 0 bridgehead atoms. The maximum absolute atomic E-state index is 13.4. The van der Waals surface area contributed by atoms with Crippen molar-refractivity contribution in [1.29, 1.82) is 0 Å². The molecule has 3 rings (SSSR count). The molecule has 0 spiro atoms. The van der Waals surface area contributed by atoms with Gasteiger partial charge in [0, 0.05) is 50.1 Å². The molecule has 1 N–H and O–H groups in total. The van der Waals surface area contributed by atoms with E-state index in [2.05, 4.69) is 0 Å². The van der Waals surface area contributed by atoms with E-state index in [9.17, 15) is 9.90 Å². The molecule has 6 heteroatoms. The van der Waals surface area contributed by atoms with Gasteiger partial charge in [0.15, 0.2) is 17.3 Å². The largest absolute Gasteiger partial charge is 0.493 e. The summed E-state index contributed by atoms with van der Waals surface area (Å²) in [5.41, 5.74) is -2.60. The number of Topliss-reactive ketones (excluding diaryl/α,β-unsaturated/α-hetero) is 1. The van der Waals surface area contributed by atoms with Crippen LogP contribution in [0.25, 0.3) is 0 Å². The number of carbonyl (C=O) groups is 1. The Bertz CT molecular complexity index is 1400. The second-order valence-electron chi connectivity index (χ2n) is 6.69. The van der Waals surface area contributed by atoms with Gasteiger partial charge in [-0.1, -0.05) is 30.3 Å². The first kappa shape index (κ1) is 10.5. The molecule has 1 heterocycles. The van der Waals surface area contributed by atoms with E-state index in [4.69, 9.17) is 30.0 Å². The van der Waals surface area contributed by atoms with E-state index in [1.54, 1.807) is 6.07 Å². The van der Waals surface area contributed by atoms with Gasteiger partial charge in [0.2, 0.25) is 0 Å². The highest BCUT2D eigenvalue weighted by Gasteiger charge is 2.21. The maximum Gasteiger partial charge on any atom is 0.161 e. The number of benzene rings is 2. The van der Waals surface area contributed by atoms with Crippen molar-refractivity contribution < 1.29 is 39.9 Å². The fourth-order valence-corrected chi connectivity index (χ4v) is 2.95. The average Bonchev–Trinajstić information content (AvgIpc) is 2.94. The van der Waals surface area contributed by atoms with E-state index < -0.39 is 86.4 Å². The minimum atomic E-state index is -3.17. The van der Waals surface area contributed by atoms with E-state index in [1.165, 1.54) is 25.3 Å². The number of ketones is 1. The minimum Gasteiger partial charge on any atom is -0.493 e. The normalized spacial score (nSPS) is 25.4. The molecule has 0 amide bonds. The van der Waals surface area contributed by atoms with Gasteiger partial charge in [0.1, 0.15) is 12.7 Å². The number of piperazine rings is 1. The van der Waals surface area contributed by atoms with Crippen LogP contribution in [0.15, 0.2) is 42.4 Å². The topological polar surface area (TPSA) is 62.2 Å². The van der Waals surface area contributed by atoms with Crippen molar-refractivity contribution in [2.75, 3.05) is 52.8 Å². The van der Waals surface area contributed by atoms with Gasteiger partial charge in [0.05, 0.1) is 23.2 Å². The number of hydrogen-bond acceptors (Lipinski definition) is 6. The van der Waals surface area contributed by atoms with Crippen molar-refractivity contribution >= 4 is 5.78 Å². The fourth-order valence-electron chi connectivity index (χ4n) is 2.95. The molecule has 1 atom stereocenters. The third kappa shape index (κ3) is 6.79. The summed E-state index contributed by atoms with van der Waals surface area (Å²) in [5.74, 6) is -1.24. The molecule has 0 radical (unpaired) electrons. The predicted molar refractivity (Wildman–Crippen MR) is 122 cm³/mol. The Labute approximate surface area is 206 Å². The summed E-state index contributed by atoms with van der Waals surface area (Å²) < 4.78 is 132. The van der Waals surface area contributed by atoms with Crippen molar-refractivity contribution in [1.82, 2.24) is 9.80 Å². The van der Waals surface area contributed by atoms with Crippen LogP contribution in [0.3, 0.4) is 0 Å². The van der Waals surface area contributed by atoms with Gasteiger partial charge in [0.25, 0.3) is 0 Å². The Morgan fingerprint density at radius 2 is 1.81 bits per heavy atom. The van der Waals surface area contributed by atoms with Crippen LogP contribution in [0.2, 0.25) is 0 Å². The zero-order valence-corrected chi connectivity index (χ0v) is 17.0. The molecule has 0 aromatic heterocycles. The number of ether oxygens (including phenoxy) is 2. The molecular formula is C25H34N2O4. The van der Waals surface area contributed by atoms with Gasteiger partial charge >= 0.3 is 0 Å². The zero-order valence-electron chi connectivity index (χ0n) is 32.0. The Hall–Kier alpha value is -2.41. The van der Waals surface area contributed by atoms with Crippen molar-refractivity contribution in [2.45, 2.75) is 26.2 Å². The van der Waals surface area contributed by atoms with Crippen molar-refractivity contribution in [3.8, 4) is 11.5 Å². The van der Waals surface area contributed by atoms with Gasteiger partial charge < -0.3 is 14.6 Å². The number of aliphatic hydroxyl groups excluding tert-OH is 1. The lowest BCUT2D eigenvalue weighted by Crippen LogP contribution is -2.50. The quantitative estimate of drug-likeness (QED) is 0.611. The number of β-amino-alcohol motifs (C(OH)–C–C–N with tert-alkyl or cyclic N) is 1. The first-order chi connectivity index (χ1) is 20.9. The molecule has 31 heavy (non-hydrogen) atoms. The predicted octanol–water partition coefficient (Wildman–Crippen LogP) is 2.48. The molecule has 0 saturated carbocycles. The molecule has 1 unspecified atom stereocenters. The monoisotopic (exact) mass is 441 g/mol. The number of methoxy groups -OCH3 is 1. The highest BCUT2D eigenvalue weighted by atomic mass is 16.5. The van der Waals surface area contributed by atoms with Gasteiger partial charge in [-0.25, -0.2) is 0 Å². The molecule has 1 fully saturated rings. The molecule has 1 aliphatic heterocycles. The van der Waals surface area contributed by atoms with Gasteiger partial charge in [-0.3, -0.25) is 14.6 Å². The van der Waals surface area contributed by atoms with E-state index >= 15 is 0 Å². The van der Waals surface area contributed by atoms with E-state index in [-0.39, 0.29) is 37.7 Å². The molecule has 1 saturated heterocycles. The number of carbonyl (C=O) groups excluding carboxylic acids is 1. The van der Waals surface area contributed by atoms with Crippen LogP contribution in [-0.4, -0.2) is 79.6 Å².